The molecular weight excluding hydrogens is 381 g/mol. The average Bonchev–Trinajstić information content (AvgIpc) is 2.77. The third kappa shape index (κ3) is 3.79. The maximum Gasteiger partial charge on any atom is 0.131 e. The molecule has 0 aromatic heterocycles. The van der Waals surface area contributed by atoms with E-state index in [1.807, 2.05) is 48.5 Å². The Balaban J connectivity index is 1.63. The first-order valence-corrected chi connectivity index (χ1v) is 9.55. The zero-order chi connectivity index (χ0) is 21.3. The lowest BCUT2D eigenvalue weighted by Gasteiger charge is -2.10. The van der Waals surface area contributed by atoms with E-state index in [-0.39, 0.29) is 16.7 Å². The minimum absolute atomic E-state index is 0.0741. The molecule has 0 unspecified atom stereocenters. The molecule has 0 spiro atoms. The second-order valence-electron chi connectivity index (χ2n) is 7.16. The largest absolute Gasteiger partial charge is 0.207 e. The SMILES string of the molecule is C=Cc1ccc(-c2ccc(-c3ccc(-c4cc(F)c(C)c(F)c4)c(F)c3)cc2)cc1. The van der Waals surface area contributed by atoms with Gasteiger partial charge in [0.05, 0.1) is 0 Å². The van der Waals surface area contributed by atoms with Crippen molar-refractivity contribution in [1.29, 1.82) is 0 Å². The summed E-state index contributed by atoms with van der Waals surface area (Å²) in [4.78, 5) is 0. The van der Waals surface area contributed by atoms with E-state index in [1.54, 1.807) is 18.2 Å². The van der Waals surface area contributed by atoms with Gasteiger partial charge >= 0.3 is 0 Å². The molecule has 148 valence electrons. The van der Waals surface area contributed by atoms with Crippen molar-refractivity contribution in [3.8, 4) is 33.4 Å². The summed E-state index contributed by atoms with van der Waals surface area (Å²) in [7, 11) is 0. The smallest absolute Gasteiger partial charge is 0.131 e. The summed E-state index contributed by atoms with van der Waals surface area (Å²) in [5.74, 6) is -1.91. The van der Waals surface area contributed by atoms with E-state index in [4.69, 9.17) is 0 Å². The van der Waals surface area contributed by atoms with Gasteiger partial charge in [0, 0.05) is 11.1 Å². The van der Waals surface area contributed by atoms with E-state index in [2.05, 4.69) is 6.58 Å². The highest BCUT2D eigenvalue weighted by molar-refractivity contribution is 5.74. The highest BCUT2D eigenvalue weighted by atomic mass is 19.1. The third-order valence-electron chi connectivity index (χ3n) is 5.26. The topological polar surface area (TPSA) is 0 Å². The van der Waals surface area contributed by atoms with Crippen LogP contribution in [0.2, 0.25) is 0 Å². The van der Waals surface area contributed by atoms with E-state index in [1.165, 1.54) is 13.0 Å². The molecule has 4 aromatic rings. The molecule has 30 heavy (non-hydrogen) atoms. The van der Waals surface area contributed by atoms with Crippen LogP contribution in [0.15, 0.2) is 85.4 Å². The van der Waals surface area contributed by atoms with Crippen LogP contribution in [0.25, 0.3) is 39.5 Å². The third-order valence-corrected chi connectivity index (χ3v) is 5.26. The number of hydrogen-bond donors (Lipinski definition) is 0. The van der Waals surface area contributed by atoms with Crippen LogP contribution in [-0.4, -0.2) is 0 Å². The Hall–Kier alpha value is -3.59. The van der Waals surface area contributed by atoms with Crippen molar-refractivity contribution in [2.75, 3.05) is 0 Å². The van der Waals surface area contributed by atoms with E-state index in [9.17, 15) is 13.2 Å². The molecule has 0 saturated carbocycles. The Morgan fingerprint density at radius 1 is 0.567 bits per heavy atom. The van der Waals surface area contributed by atoms with E-state index < -0.39 is 17.5 Å². The van der Waals surface area contributed by atoms with Crippen LogP contribution >= 0.6 is 0 Å². The van der Waals surface area contributed by atoms with Crippen molar-refractivity contribution in [1.82, 2.24) is 0 Å². The lowest BCUT2D eigenvalue weighted by molar-refractivity contribution is 0.568. The summed E-state index contributed by atoms with van der Waals surface area (Å²) in [5, 5.41) is 0. The fourth-order valence-corrected chi connectivity index (χ4v) is 3.40. The molecule has 0 aliphatic heterocycles. The van der Waals surface area contributed by atoms with Gasteiger partial charge in [-0.15, -0.1) is 0 Å². The summed E-state index contributed by atoms with van der Waals surface area (Å²) in [5.41, 5.74) is 5.00. The summed E-state index contributed by atoms with van der Waals surface area (Å²) in [6.45, 7) is 5.11. The van der Waals surface area contributed by atoms with Gasteiger partial charge in [0.1, 0.15) is 17.5 Å². The van der Waals surface area contributed by atoms with Gasteiger partial charge in [0.2, 0.25) is 0 Å². The van der Waals surface area contributed by atoms with E-state index >= 15 is 0 Å². The molecule has 0 radical (unpaired) electrons. The lowest BCUT2D eigenvalue weighted by Crippen LogP contribution is -1.93. The molecule has 0 N–H and O–H groups in total. The highest BCUT2D eigenvalue weighted by Crippen LogP contribution is 2.31. The van der Waals surface area contributed by atoms with Crippen LogP contribution in [0, 0.1) is 24.4 Å². The zero-order valence-electron chi connectivity index (χ0n) is 16.4. The van der Waals surface area contributed by atoms with Crippen LogP contribution in [-0.2, 0) is 0 Å². The molecular formula is C27H19F3. The minimum atomic E-state index is -0.690. The Bertz CT molecular complexity index is 1200. The van der Waals surface area contributed by atoms with Crippen LogP contribution < -0.4 is 0 Å². The lowest BCUT2D eigenvalue weighted by atomic mass is 9.97. The number of rotatable bonds is 4. The molecule has 4 aromatic carbocycles. The first-order valence-electron chi connectivity index (χ1n) is 9.55. The average molecular weight is 400 g/mol. The van der Waals surface area contributed by atoms with Gasteiger partial charge in [-0.1, -0.05) is 73.3 Å². The van der Waals surface area contributed by atoms with Crippen molar-refractivity contribution in [2.24, 2.45) is 0 Å². The van der Waals surface area contributed by atoms with Gasteiger partial charge in [0.15, 0.2) is 0 Å². The van der Waals surface area contributed by atoms with Crippen molar-refractivity contribution in [3.05, 3.63) is 114 Å². The monoisotopic (exact) mass is 400 g/mol. The summed E-state index contributed by atoms with van der Waals surface area (Å²) in [6, 6.07) is 22.9. The van der Waals surface area contributed by atoms with Crippen LogP contribution in [0.3, 0.4) is 0 Å². The van der Waals surface area contributed by atoms with Crippen LogP contribution in [0.1, 0.15) is 11.1 Å². The van der Waals surface area contributed by atoms with Crippen molar-refractivity contribution in [2.45, 2.75) is 6.92 Å². The first kappa shape index (κ1) is 19.7. The van der Waals surface area contributed by atoms with Crippen molar-refractivity contribution < 1.29 is 13.2 Å². The van der Waals surface area contributed by atoms with Gasteiger partial charge in [-0.2, -0.15) is 0 Å². The maximum absolute atomic E-state index is 14.7. The first-order chi connectivity index (χ1) is 14.5. The molecule has 0 saturated heterocycles. The second-order valence-corrected chi connectivity index (χ2v) is 7.16. The van der Waals surface area contributed by atoms with Gasteiger partial charge < -0.3 is 0 Å². The Morgan fingerprint density at radius 3 is 1.50 bits per heavy atom. The van der Waals surface area contributed by atoms with Gasteiger partial charge in [-0.05, 0) is 58.5 Å². The van der Waals surface area contributed by atoms with Crippen molar-refractivity contribution >= 4 is 6.08 Å². The molecule has 0 bridgehead atoms. The fourth-order valence-electron chi connectivity index (χ4n) is 3.40. The van der Waals surface area contributed by atoms with Crippen LogP contribution in [0.4, 0.5) is 13.2 Å². The highest BCUT2D eigenvalue weighted by Gasteiger charge is 2.12. The predicted octanol–water partition coefficient (Wildman–Crippen LogP) is 8.06. The summed E-state index contributed by atoms with van der Waals surface area (Å²) in [6.07, 6.45) is 1.80. The Morgan fingerprint density at radius 2 is 1.00 bits per heavy atom. The number of halogens is 3. The van der Waals surface area contributed by atoms with E-state index in [0.717, 1.165) is 34.4 Å². The van der Waals surface area contributed by atoms with E-state index in [0.29, 0.717) is 5.56 Å². The molecule has 0 nitrogen and oxygen atoms in total. The van der Waals surface area contributed by atoms with Crippen molar-refractivity contribution in [3.63, 3.8) is 0 Å². The quantitative estimate of drug-likeness (QED) is 0.325. The normalized spacial score (nSPS) is 10.8. The number of hydrogen-bond acceptors (Lipinski definition) is 0. The molecule has 0 amide bonds. The molecule has 0 heterocycles. The van der Waals surface area contributed by atoms with Gasteiger partial charge in [0.25, 0.3) is 0 Å². The van der Waals surface area contributed by atoms with Gasteiger partial charge in [-0.25, -0.2) is 13.2 Å². The Labute approximate surface area is 174 Å². The Kier molecular flexibility index (Phi) is 5.28. The molecule has 0 aliphatic carbocycles. The molecule has 0 fully saturated rings. The maximum atomic E-state index is 14.7. The summed E-state index contributed by atoms with van der Waals surface area (Å²) >= 11 is 0. The molecule has 0 atom stereocenters. The minimum Gasteiger partial charge on any atom is -0.207 e. The van der Waals surface area contributed by atoms with Gasteiger partial charge in [-0.3, -0.25) is 0 Å². The second kappa shape index (κ2) is 8.03. The zero-order valence-corrected chi connectivity index (χ0v) is 16.4. The number of benzene rings is 4. The van der Waals surface area contributed by atoms with Crippen LogP contribution in [0.5, 0.6) is 0 Å². The fraction of sp³-hybridized carbons (Fsp3) is 0.0370. The standard InChI is InChI=1S/C27H19F3/c1-3-18-4-6-19(7-5-18)20-8-10-21(11-9-20)22-12-13-24(27(30)14-22)23-15-25(28)17(2)26(29)16-23/h3-16H,1H2,2H3. The summed E-state index contributed by atoms with van der Waals surface area (Å²) < 4.78 is 42.5. The molecule has 4 rings (SSSR count). The predicted molar refractivity (Wildman–Crippen MR) is 117 cm³/mol. The molecule has 0 aliphatic rings. The molecule has 3 heteroatoms.